The third-order valence-corrected chi connectivity index (χ3v) is 6.83. The molecule has 0 heterocycles. The lowest BCUT2D eigenvalue weighted by molar-refractivity contribution is 0.296. The van der Waals surface area contributed by atoms with Gasteiger partial charge in [-0.15, -0.1) is 0 Å². The zero-order chi connectivity index (χ0) is 22.7. The predicted octanol–water partition coefficient (Wildman–Crippen LogP) is 8.88. The summed E-state index contributed by atoms with van der Waals surface area (Å²) in [6.07, 6.45) is 13.0. The van der Waals surface area contributed by atoms with E-state index in [-0.39, 0.29) is 16.5 Å². The van der Waals surface area contributed by atoms with Gasteiger partial charge in [-0.2, -0.15) is 0 Å². The highest BCUT2D eigenvalue weighted by Crippen LogP contribution is 2.34. The fourth-order valence-electron chi connectivity index (χ4n) is 4.94. The Morgan fingerprint density at radius 2 is 1.62 bits per heavy atom. The van der Waals surface area contributed by atoms with Crippen LogP contribution in [0.2, 0.25) is 0 Å². The molecule has 166 valence electrons. The predicted molar refractivity (Wildman–Crippen MR) is 128 cm³/mol. The first-order valence-corrected chi connectivity index (χ1v) is 11.5. The molecule has 1 aliphatic carbocycles. The zero-order valence-electron chi connectivity index (χ0n) is 18.5. The quantitative estimate of drug-likeness (QED) is 0.340. The van der Waals surface area contributed by atoms with Gasteiger partial charge >= 0.3 is 0 Å². The van der Waals surface area contributed by atoms with Gasteiger partial charge in [0.25, 0.3) is 0 Å². The second-order valence-electron chi connectivity index (χ2n) is 8.87. The average molecular weight is 435 g/mol. The minimum Gasteiger partial charge on any atom is -0.206 e. The van der Waals surface area contributed by atoms with Gasteiger partial charge in [-0.05, 0) is 79.9 Å². The van der Waals surface area contributed by atoms with Crippen LogP contribution in [0.15, 0.2) is 61.2 Å². The maximum Gasteiger partial charge on any atom is 0.170 e. The Hall–Kier alpha value is -2.81. The number of hydrogen-bond acceptors (Lipinski definition) is 0. The molecule has 0 saturated heterocycles. The van der Waals surface area contributed by atoms with Crippen LogP contribution in [0, 0.1) is 29.3 Å². The maximum atomic E-state index is 15.2. The lowest BCUT2D eigenvalue weighted by Gasteiger charge is -2.26. The van der Waals surface area contributed by atoms with Crippen molar-refractivity contribution < 1.29 is 13.2 Å². The smallest absolute Gasteiger partial charge is 0.170 e. The Morgan fingerprint density at radius 1 is 0.906 bits per heavy atom. The fraction of sp³-hybridized carbons (Fsp3) is 0.310. The number of rotatable bonds is 6. The summed E-state index contributed by atoms with van der Waals surface area (Å²) in [6, 6.07) is 12.4. The van der Waals surface area contributed by atoms with Crippen molar-refractivity contribution >= 4 is 16.8 Å². The number of hydrogen-bond donors (Lipinski definition) is 0. The molecule has 0 aromatic heterocycles. The van der Waals surface area contributed by atoms with E-state index in [1.807, 2.05) is 24.3 Å². The Labute approximate surface area is 188 Å². The molecule has 0 nitrogen and oxygen atoms in total. The Bertz CT molecular complexity index is 1130. The van der Waals surface area contributed by atoms with Crippen LogP contribution in [0.1, 0.15) is 50.2 Å². The third-order valence-electron chi connectivity index (χ3n) is 6.83. The summed E-state index contributed by atoms with van der Waals surface area (Å²) in [7, 11) is 0. The van der Waals surface area contributed by atoms with Crippen molar-refractivity contribution in [1.82, 2.24) is 0 Å². The van der Waals surface area contributed by atoms with Gasteiger partial charge in [-0.3, -0.25) is 0 Å². The summed E-state index contributed by atoms with van der Waals surface area (Å²) in [5.41, 5.74) is 2.18. The molecule has 1 aliphatic rings. The molecule has 1 fully saturated rings. The average Bonchev–Trinajstić information content (AvgIpc) is 2.81. The molecule has 4 rings (SSSR count). The lowest BCUT2D eigenvalue weighted by atomic mass is 9.79. The van der Waals surface area contributed by atoms with E-state index in [1.54, 1.807) is 12.1 Å². The van der Waals surface area contributed by atoms with E-state index < -0.39 is 17.5 Å². The second kappa shape index (κ2) is 9.77. The normalized spacial score (nSPS) is 19.0. The molecule has 0 N–H and O–H groups in total. The molecule has 0 unspecified atom stereocenters. The van der Waals surface area contributed by atoms with Gasteiger partial charge in [0.05, 0.1) is 5.39 Å². The Kier molecular flexibility index (Phi) is 6.83. The largest absolute Gasteiger partial charge is 0.206 e. The molecule has 0 spiro atoms. The van der Waals surface area contributed by atoms with Crippen LogP contribution in [-0.4, -0.2) is 0 Å². The minimum absolute atomic E-state index is 0.0295. The van der Waals surface area contributed by atoms with Crippen molar-refractivity contribution in [3.8, 4) is 11.1 Å². The van der Waals surface area contributed by atoms with Gasteiger partial charge < -0.3 is 0 Å². The highest BCUT2D eigenvalue weighted by molar-refractivity contribution is 5.90. The molecular formula is C29H29F3. The molecule has 1 saturated carbocycles. The van der Waals surface area contributed by atoms with Crippen LogP contribution >= 0.6 is 0 Å². The third kappa shape index (κ3) is 4.53. The molecule has 0 amide bonds. The van der Waals surface area contributed by atoms with E-state index in [1.165, 1.54) is 49.8 Å². The summed E-state index contributed by atoms with van der Waals surface area (Å²) in [5, 5.41) is 0.00372. The van der Waals surface area contributed by atoms with Crippen molar-refractivity contribution in [3.05, 3.63) is 89.8 Å². The van der Waals surface area contributed by atoms with Crippen molar-refractivity contribution in [3.63, 3.8) is 0 Å². The van der Waals surface area contributed by atoms with Crippen molar-refractivity contribution in [2.45, 2.75) is 45.4 Å². The van der Waals surface area contributed by atoms with Gasteiger partial charge in [0.2, 0.25) is 0 Å². The molecule has 0 atom stereocenters. The van der Waals surface area contributed by atoms with Crippen molar-refractivity contribution in [2.24, 2.45) is 11.8 Å². The fourth-order valence-corrected chi connectivity index (χ4v) is 4.94. The van der Waals surface area contributed by atoms with Crippen molar-refractivity contribution in [1.29, 1.82) is 0 Å². The SMILES string of the molecule is C=Cc1cc2ccc(-c3ccc(CCC4CCC(/C=C/C)CC4)cc3)c(F)c2c(F)c1F. The van der Waals surface area contributed by atoms with Gasteiger partial charge in [0.15, 0.2) is 11.6 Å². The van der Waals surface area contributed by atoms with E-state index in [0.29, 0.717) is 10.9 Å². The molecule has 3 aromatic rings. The maximum absolute atomic E-state index is 15.2. The molecule has 3 heteroatoms. The van der Waals surface area contributed by atoms with E-state index in [2.05, 4.69) is 25.7 Å². The van der Waals surface area contributed by atoms with Gasteiger partial charge in [0, 0.05) is 11.1 Å². The standard InChI is InChI=1S/C29H29F3/c1-3-5-19-6-8-20(9-7-19)10-11-21-12-14-23(15-13-21)25-17-16-24-18-22(4-2)27(30)29(32)26(24)28(25)31/h3-5,12-20H,2,6-11H2,1H3/b5-3+. The monoisotopic (exact) mass is 434 g/mol. The van der Waals surface area contributed by atoms with Gasteiger partial charge in [-0.25, -0.2) is 13.2 Å². The summed E-state index contributed by atoms with van der Waals surface area (Å²) >= 11 is 0. The van der Waals surface area contributed by atoms with E-state index in [0.717, 1.165) is 18.3 Å². The number of fused-ring (bicyclic) bond motifs is 1. The molecular weight excluding hydrogens is 405 g/mol. The summed E-state index contributed by atoms with van der Waals surface area (Å²) < 4.78 is 43.9. The van der Waals surface area contributed by atoms with Crippen LogP contribution in [-0.2, 0) is 6.42 Å². The summed E-state index contributed by atoms with van der Waals surface area (Å²) in [4.78, 5) is 0. The zero-order valence-corrected chi connectivity index (χ0v) is 18.5. The summed E-state index contributed by atoms with van der Waals surface area (Å²) in [6.45, 7) is 5.58. The highest BCUT2D eigenvalue weighted by Gasteiger charge is 2.20. The summed E-state index contributed by atoms with van der Waals surface area (Å²) in [5.74, 6) is -1.46. The number of allylic oxidation sites excluding steroid dienone is 2. The molecule has 0 radical (unpaired) electrons. The lowest BCUT2D eigenvalue weighted by Crippen LogP contribution is -2.13. The topological polar surface area (TPSA) is 0 Å². The van der Waals surface area contributed by atoms with Crippen LogP contribution in [0.3, 0.4) is 0 Å². The number of aryl methyl sites for hydroxylation is 1. The Morgan fingerprint density at radius 3 is 2.28 bits per heavy atom. The van der Waals surface area contributed by atoms with Crippen LogP contribution in [0.4, 0.5) is 13.2 Å². The Balaban J connectivity index is 1.49. The van der Waals surface area contributed by atoms with Gasteiger partial charge in [-0.1, -0.05) is 61.2 Å². The van der Waals surface area contributed by atoms with Crippen LogP contribution in [0.5, 0.6) is 0 Å². The van der Waals surface area contributed by atoms with Crippen molar-refractivity contribution in [2.75, 3.05) is 0 Å². The number of benzene rings is 3. The number of halogens is 3. The van der Waals surface area contributed by atoms with E-state index in [4.69, 9.17) is 0 Å². The van der Waals surface area contributed by atoms with E-state index in [9.17, 15) is 8.78 Å². The van der Waals surface area contributed by atoms with Crippen LogP contribution < -0.4 is 0 Å². The first-order valence-electron chi connectivity index (χ1n) is 11.5. The minimum atomic E-state index is -1.17. The first-order chi connectivity index (χ1) is 15.5. The first kappa shape index (κ1) is 22.4. The van der Waals surface area contributed by atoms with Gasteiger partial charge in [0.1, 0.15) is 5.82 Å². The second-order valence-corrected chi connectivity index (χ2v) is 8.87. The molecule has 0 aliphatic heterocycles. The van der Waals surface area contributed by atoms with E-state index >= 15 is 4.39 Å². The molecule has 0 bridgehead atoms. The van der Waals surface area contributed by atoms with Crippen LogP contribution in [0.25, 0.3) is 28.0 Å². The molecule has 32 heavy (non-hydrogen) atoms. The molecule has 3 aromatic carbocycles. The highest BCUT2D eigenvalue weighted by atomic mass is 19.2.